The standard InChI is InChI=1S/C24H26ClFO4/c1-2-3-4-16-5-7-17(8-6-16)23(27)29-20-12-9-18(10-13-20)24(28)30-22-14-11-19(26)15-21(22)25/h9-17H,2-8H2,1H3. The molecule has 0 bridgehead atoms. The molecule has 0 radical (unpaired) electrons. The third-order valence-electron chi connectivity index (χ3n) is 5.55. The van der Waals surface area contributed by atoms with Crippen LogP contribution in [0.2, 0.25) is 5.02 Å². The summed E-state index contributed by atoms with van der Waals surface area (Å²) in [6.45, 7) is 2.20. The Morgan fingerprint density at radius 1 is 1.03 bits per heavy atom. The number of halogens is 2. The summed E-state index contributed by atoms with van der Waals surface area (Å²) in [7, 11) is 0. The van der Waals surface area contributed by atoms with Crippen molar-refractivity contribution in [3.8, 4) is 11.5 Å². The molecule has 0 unspecified atom stereocenters. The number of carbonyl (C=O) groups is 2. The molecule has 1 aliphatic rings. The summed E-state index contributed by atoms with van der Waals surface area (Å²) in [6.07, 6.45) is 7.61. The fourth-order valence-corrected chi connectivity index (χ4v) is 3.96. The number of ether oxygens (including phenoxy) is 2. The van der Waals surface area contributed by atoms with Gasteiger partial charge in [0.2, 0.25) is 0 Å². The zero-order chi connectivity index (χ0) is 21.5. The fourth-order valence-electron chi connectivity index (χ4n) is 3.75. The highest BCUT2D eigenvalue weighted by molar-refractivity contribution is 6.32. The Hall–Kier alpha value is -2.40. The summed E-state index contributed by atoms with van der Waals surface area (Å²) in [4.78, 5) is 24.7. The highest BCUT2D eigenvalue weighted by atomic mass is 35.5. The molecule has 0 spiro atoms. The quantitative estimate of drug-likeness (QED) is 0.365. The lowest BCUT2D eigenvalue weighted by Crippen LogP contribution is -2.25. The highest BCUT2D eigenvalue weighted by Crippen LogP contribution is 2.33. The predicted molar refractivity (Wildman–Crippen MR) is 113 cm³/mol. The molecule has 0 atom stereocenters. The fraction of sp³-hybridized carbons (Fsp3) is 0.417. The van der Waals surface area contributed by atoms with Crippen LogP contribution in [0.1, 0.15) is 62.2 Å². The molecule has 0 aromatic heterocycles. The van der Waals surface area contributed by atoms with E-state index in [1.807, 2.05) is 0 Å². The lowest BCUT2D eigenvalue weighted by Gasteiger charge is -2.27. The first-order valence-corrected chi connectivity index (χ1v) is 10.8. The Bertz CT molecular complexity index is 873. The average molecular weight is 433 g/mol. The first-order chi connectivity index (χ1) is 14.5. The molecule has 1 saturated carbocycles. The van der Waals surface area contributed by atoms with Gasteiger partial charge in [0.15, 0.2) is 0 Å². The van der Waals surface area contributed by atoms with Crippen LogP contribution in [-0.2, 0) is 4.79 Å². The van der Waals surface area contributed by atoms with Crippen LogP contribution in [0, 0.1) is 17.7 Å². The second-order valence-electron chi connectivity index (χ2n) is 7.77. The summed E-state index contributed by atoms with van der Waals surface area (Å²) < 4.78 is 23.8. The van der Waals surface area contributed by atoms with Gasteiger partial charge in [-0.25, -0.2) is 9.18 Å². The second kappa shape index (κ2) is 10.6. The van der Waals surface area contributed by atoms with Crippen molar-refractivity contribution in [2.75, 3.05) is 0 Å². The van der Waals surface area contributed by atoms with Gasteiger partial charge in [0.25, 0.3) is 0 Å². The van der Waals surface area contributed by atoms with Crippen molar-refractivity contribution in [3.05, 3.63) is 58.9 Å². The van der Waals surface area contributed by atoms with Crippen LogP contribution >= 0.6 is 11.6 Å². The van der Waals surface area contributed by atoms with Gasteiger partial charge >= 0.3 is 11.9 Å². The van der Waals surface area contributed by atoms with Gasteiger partial charge in [-0.1, -0.05) is 37.8 Å². The van der Waals surface area contributed by atoms with Crippen molar-refractivity contribution in [1.82, 2.24) is 0 Å². The minimum Gasteiger partial charge on any atom is -0.426 e. The maximum absolute atomic E-state index is 13.1. The van der Waals surface area contributed by atoms with Crippen molar-refractivity contribution in [2.45, 2.75) is 51.9 Å². The molecule has 0 heterocycles. The molecular weight excluding hydrogens is 407 g/mol. The lowest BCUT2D eigenvalue weighted by atomic mass is 9.80. The van der Waals surface area contributed by atoms with Crippen LogP contribution < -0.4 is 9.47 Å². The monoisotopic (exact) mass is 432 g/mol. The summed E-state index contributed by atoms with van der Waals surface area (Å²) in [6, 6.07) is 9.69. The van der Waals surface area contributed by atoms with E-state index in [4.69, 9.17) is 21.1 Å². The number of unbranched alkanes of at least 4 members (excludes halogenated alkanes) is 1. The summed E-state index contributed by atoms with van der Waals surface area (Å²) in [5.74, 6) is -0.218. The third kappa shape index (κ3) is 6.05. The Balaban J connectivity index is 1.51. The van der Waals surface area contributed by atoms with E-state index in [2.05, 4.69) is 6.92 Å². The van der Waals surface area contributed by atoms with Crippen molar-refractivity contribution in [3.63, 3.8) is 0 Å². The van der Waals surface area contributed by atoms with Crippen molar-refractivity contribution >= 4 is 23.5 Å². The van der Waals surface area contributed by atoms with Crippen LogP contribution in [-0.4, -0.2) is 11.9 Å². The van der Waals surface area contributed by atoms with Crippen molar-refractivity contribution < 1.29 is 23.5 Å². The number of carbonyl (C=O) groups excluding carboxylic acids is 2. The van der Waals surface area contributed by atoms with E-state index in [0.717, 1.165) is 43.7 Å². The highest BCUT2D eigenvalue weighted by Gasteiger charge is 2.27. The normalized spacial score (nSPS) is 18.6. The summed E-state index contributed by atoms with van der Waals surface area (Å²) in [5, 5.41) is 0.0123. The van der Waals surface area contributed by atoms with Gasteiger partial charge in [-0.15, -0.1) is 0 Å². The Kier molecular flexibility index (Phi) is 7.86. The van der Waals surface area contributed by atoms with Gasteiger partial charge in [0, 0.05) is 0 Å². The maximum atomic E-state index is 13.1. The first-order valence-electron chi connectivity index (χ1n) is 10.4. The van der Waals surface area contributed by atoms with Crippen LogP contribution in [0.3, 0.4) is 0 Å². The first kappa shape index (κ1) is 22.3. The molecule has 2 aromatic carbocycles. The molecular formula is C24H26ClFO4. The van der Waals surface area contributed by atoms with E-state index in [9.17, 15) is 14.0 Å². The molecule has 0 saturated heterocycles. The molecule has 4 nitrogen and oxygen atoms in total. The third-order valence-corrected chi connectivity index (χ3v) is 5.85. The van der Waals surface area contributed by atoms with E-state index < -0.39 is 11.8 Å². The number of rotatable bonds is 7. The number of hydrogen-bond donors (Lipinski definition) is 0. The van der Waals surface area contributed by atoms with Crippen molar-refractivity contribution in [1.29, 1.82) is 0 Å². The van der Waals surface area contributed by atoms with Gasteiger partial charge in [0.05, 0.1) is 16.5 Å². The molecule has 0 aliphatic heterocycles. The topological polar surface area (TPSA) is 52.6 Å². The van der Waals surface area contributed by atoms with E-state index >= 15 is 0 Å². The molecule has 0 amide bonds. The van der Waals surface area contributed by atoms with Gasteiger partial charge in [0.1, 0.15) is 17.3 Å². The van der Waals surface area contributed by atoms with Crippen LogP contribution in [0.5, 0.6) is 11.5 Å². The average Bonchev–Trinajstić information content (AvgIpc) is 2.75. The molecule has 0 N–H and O–H groups in total. The van der Waals surface area contributed by atoms with E-state index in [0.29, 0.717) is 5.75 Å². The minimum atomic E-state index is -0.633. The Morgan fingerprint density at radius 3 is 2.37 bits per heavy atom. The number of benzene rings is 2. The molecule has 160 valence electrons. The number of esters is 2. The van der Waals surface area contributed by atoms with Crippen LogP contribution in [0.15, 0.2) is 42.5 Å². The summed E-state index contributed by atoms with van der Waals surface area (Å²) in [5.41, 5.74) is 0.270. The Morgan fingerprint density at radius 2 is 1.73 bits per heavy atom. The maximum Gasteiger partial charge on any atom is 0.343 e. The smallest absolute Gasteiger partial charge is 0.343 e. The van der Waals surface area contributed by atoms with Crippen LogP contribution in [0.4, 0.5) is 4.39 Å². The van der Waals surface area contributed by atoms with E-state index in [1.165, 1.54) is 37.5 Å². The largest absolute Gasteiger partial charge is 0.426 e. The molecule has 1 fully saturated rings. The molecule has 2 aromatic rings. The van der Waals surface area contributed by atoms with Crippen LogP contribution in [0.25, 0.3) is 0 Å². The van der Waals surface area contributed by atoms with Gasteiger partial charge in [-0.05, 0) is 74.1 Å². The van der Waals surface area contributed by atoms with Gasteiger partial charge in [-0.2, -0.15) is 0 Å². The molecule has 1 aliphatic carbocycles. The molecule has 30 heavy (non-hydrogen) atoms. The van der Waals surface area contributed by atoms with E-state index in [1.54, 1.807) is 12.1 Å². The van der Waals surface area contributed by atoms with Gasteiger partial charge < -0.3 is 9.47 Å². The SMILES string of the molecule is CCCCC1CCC(C(=O)Oc2ccc(C(=O)Oc3ccc(F)cc3Cl)cc2)CC1. The molecule has 6 heteroatoms. The number of hydrogen-bond acceptors (Lipinski definition) is 4. The van der Waals surface area contributed by atoms with Crippen molar-refractivity contribution in [2.24, 2.45) is 11.8 Å². The molecule has 3 rings (SSSR count). The zero-order valence-electron chi connectivity index (χ0n) is 17.0. The minimum absolute atomic E-state index is 0.0123. The second-order valence-corrected chi connectivity index (χ2v) is 8.18. The summed E-state index contributed by atoms with van der Waals surface area (Å²) >= 11 is 5.88. The Labute approximate surface area is 181 Å². The van der Waals surface area contributed by atoms with Gasteiger partial charge in [-0.3, -0.25) is 4.79 Å². The predicted octanol–water partition coefficient (Wildman–Crippen LogP) is 6.60. The lowest BCUT2D eigenvalue weighted by molar-refractivity contribution is -0.140. The zero-order valence-corrected chi connectivity index (χ0v) is 17.8. The van der Waals surface area contributed by atoms with E-state index in [-0.39, 0.29) is 28.2 Å².